The zero-order valence-electron chi connectivity index (χ0n) is 24.6. The molecule has 4 heteroatoms. The van der Waals surface area contributed by atoms with Gasteiger partial charge in [-0.2, -0.15) is 0 Å². The van der Waals surface area contributed by atoms with E-state index in [-0.39, 0.29) is 5.54 Å². The minimum absolute atomic E-state index is 0.310. The van der Waals surface area contributed by atoms with Gasteiger partial charge in [-0.25, -0.2) is 0 Å². The molecule has 2 atom stereocenters. The fourth-order valence-corrected chi connectivity index (χ4v) is 8.59. The van der Waals surface area contributed by atoms with Crippen molar-refractivity contribution in [1.29, 1.82) is 0 Å². The van der Waals surface area contributed by atoms with E-state index < -0.39 is 0 Å². The minimum Gasteiger partial charge on any atom is -0.383 e. The molecule has 216 valence electrons. The van der Waals surface area contributed by atoms with Crippen LogP contribution in [0.5, 0.6) is 0 Å². The van der Waals surface area contributed by atoms with E-state index in [9.17, 15) is 0 Å². The van der Waals surface area contributed by atoms with Gasteiger partial charge < -0.3 is 11.1 Å². The van der Waals surface area contributed by atoms with Gasteiger partial charge in [-0.1, -0.05) is 121 Å². The summed E-state index contributed by atoms with van der Waals surface area (Å²) in [6, 6.07) is 53.9. The number of nitrogens with one attached hydrogen (secondary N) is 1. The number of hydrogen-bond donors (Lipinski definition) is 2. The van der Waals surface area contributed by atoms with Crippen molar-refractivity contribution < 1.29 is 0 Å². The number of nitrogens with two attached hydrogens (primary N) is 1. The van der Waals surface area contributed by atoms with Crippen molar-refractivity contribution in [1.82, 2.24) is 0 Å². The molecule has 7 aromatic rings. The molecule has 0 spiro atoms. The predicted molar refractivity (Wildman–Crippen MR) is 189 cm³/mol. The van der Waals surface area contributed by atoms with Gasteiger partial charge in [0, 0.05) is 54.5 Å². The maximum absolute atomic E-state index is 6.69. The van der Waals surface area contributed by atoms with Crippen LogP contribution in [-0.4, -0.2) is 5.84 Å². The lowest BCUT2D eigenvalue weighted by molar-refractivity contribution is 0.489. The second-order valence-corrected chi connectivity index (χ2v) is 13.3. The largest absolute Gasteiger partial charge is 0.383 e. The highest BCUT2D eigenvalue weighted by Crippen LogP contribution is 2.85. The Morgan fingerprint density at radius 2 is 1.33 bits per heavy atom. The van der Waals surface area contributed by atoms with Gasteiger partial charge in [0.15, 0.2) is 0 Å². The van der Waals surface area contributed by atoms with E-state index in [1.165, 1.54) is 42.4 Å². The lowest BCUT2D eigenvalue weighted by atomic mass is 9.86. The van der Waals surface area contributed by atoms with Crippen LogP contribution in [0.2, 0.25) is 0 Å². The molecule has 3 N–H and O–H groups in total. The maximum Gasteiger partial charge on any atom is 0.126 e. The molecule has 2 fully saturated rings. The van der Waals surface area contributed by atoms with E-state index in [4.69, 9.17) is 10.7 Å². The third-order valence-corrected chi connectivity index (χ3v) is 10.8. The van der Waals surface area contributed by atoms with Crippen LogP contribution >= 0.6 is 11.3 Å². The topological polar surface area (TPSA) is 50.4 Å². The lowest BCUT2D eigenvalue weighted by Crippen LogP contribution is -2.25. The van der Waals surface area contributed by atoms with Crippen molar-refractivity contribution in [2.24, 2.45) is 22.6 Å². The van der Waals surface area contributed by atoms with Gasteiger partial charge in [-0.05, 0) is 52.9 Å². The molecule has 6 aromatic carbocycles. The molecule has 0 saturated heterocycles. The number of anilines is 2. The molecule has 2 saturated carbocycles. The van der Waals surface area contributed by atoms with E-state index in [1.807, 2.05) is 41.7 Å². The van der Waals surface area contributed by atoms with Crippen LogP contribution in [0, 0.1) is 11.8 Å². The first-order chi connectivity index (χ1) is 22.2. The number of benzene rings is 6. The maximum atomic E-state index is 6.69. The summed E-state index contributed by atoms with van der Waals surface area (Å²) in [6.45, 7) is 0. The van der Waals surface area contributed by atoms with Gasteiger partial charge in [-0.15, -0.1) is 11.3 Å². The molecule has 3 nitrogen and oxygen atoms in total. The summed E-state index contributed by atoms with van der Waals surface area (Å²) >= 11 is 1.84. The first kappa shape index (κ1) is 26.2. The number of thiophene rings is 1. The smallest absolute Gasteiger partial charge is 0.126 e. The van der Waals surface area contributed by atoms with Gasteiger partial charge in [0.1, 0.15) is 5.84 Å². The van der Waals surface area contributed by atoms with Crippen molar-refractivity contribution in [3.63, 3.8) is 0 Å². The Balaban J connectivity index is 1.12. The van der Waals surface area contributed by atoms with E-state index in [2.05, 4.69) is 127 Å². The molecule has 1 aromatic heterocycles. The second-order valence-electron chi connectivity index (χ2n) is 12.2. The van der Waals surface area contributed by atoms with Crippen molar-refractivity contribution in [2.45, 2.75) is 11.5 Å². The molecule has 0 amide bonds. The molecule has 2 unspecified atom stereocenters. The van der Waals surface area contributed by atoms with Crippen LogP contribution in [0.15, 0.2) is 157 Å². The van der Waals surface area contributed by atoms with E-state index >= 15 is 0 Å². The van der Waals surface area contributed by atoms with Crippen LogP contribution in [-0.2, 0) is 5.54 Å². The van der Waals surface area contributed by atoms with Crippen molar-refractivity contribution in [2.75, 3.05) is 5.32 Å². The van der Waals surface area contributed by atoms with Gasteiger partial charge in [0.2, 0.25) is 0 Å². The fourth-order valence-electron chi connectivity index (χ4n) is 7.46. The number of fused-ring (bicyclic) bond motifs is 4. The highest BCUT2D eigenvalue weighted by Gasteiger charge is 2.85. The Kier molecular flexibility index (Phi) is 5.94. The Morgan fingerprint density at radius 3 is 2.11 bits per heavy atom. The molecular formula is C41H31N3S. The number of aliphatic imine (C=N–C) groups is 1. The summed E-state index contributed by atoms with van der Waals surface area (Å²) in [5, 5.41) is 6.43. The minimum atomic E-state index is -0.310. The highest BCUT2D eigenvalue weighted by atomic mass is 32.1. The fraction of sp³-hybridized carbons (Fsp3) is 0.0976. The zero-order valence-corrected chi connectivity index (χ0v) is 25.4. The average molecular weight is 598 g/mol. The molecule has 2 aliphatic rings. The molecule has 1 heterocycles. The van der Waals surface area contributed by atoms with Crippen LogP contribution in [0.4, 0.5) is 11.4 Å². The summed E-state index contributed by atoms with van der Waals surface area (Å²) in [5.41, 5.74) is 14.5. The highest BCUT2D eigenvalue weighted by molar-refractivity contribution is 7.25. The molecule has 9 rings (SSSR count). The van der Waals surface area contributed by atoms with E-state index in [1.54, 1.807) is 0 Å². The number of rotatable bonds is 7. The third-order valence-electron chi connectivity index (χ3n) is 9.69. The quantitative estimate of drug-likeness (QED) is 0.142. The van der Waals surface area contributed by atoms with Crippen molar-refractivity contribution in [3.05, 3.63) is 168 Å². The number of amidine groups is 1. The summed E-state index contributed by atoms with van der Waals surface area (Å²) < 4.78 is 2.59. The molecule has 0 bridgehead atoms. The summed E-state index contributed by atoms with van der Waals surface area (Å²) in [6.07, 6.45) is 0. The van der Waals surface area contributed by atoms with Crippen molar-refractivity contribution in [3.8, 4) is 11.1 Å². The molecule has 0 aliphatic heterocycles. The van der Waals surface area contributed by atoms with Gasteiger partial charge in [0.25, 0.3) is 0 Å². The average Bonchev–Trinajstić information content (AvgIpc) is 3.97. The van der Waals surface area contributed by atoms with Gasteiger partial charge in [-0.3, -0.25) is 4.99 Å². The Morgan fingerprint density at radius 1 is 0.644 bits per heavy atom. The standard InChI is InChI=1S/C41H31N3S/c42-40(28-17-8-3-9-18-28)44-41(38-37(39(38)41)27-15-6-2-7-16-27)29-19-12-20-30(23-29)43-34-25-36-33(31-21-10-11-22-35(31)45-36)24-32(34)26-13-4-1-5-14-26/h1-25,37-39,43H,(H2,42,44). The lowest BCUT2D eigenvalue weighted by Gasteiger charge is -2.25. The van der Waals surface area contributed by atoms with Crippen LogP contribution in [0.3, 0.4) is 0 Å². The zero-order chi connectivity index (χ0) is 30.0. The van der Waals surface area contributed by atoms with Crippen LogP contribution in [0.25, 0.3) is 31.3 Å². The second kappa shape index (κ2) is 10.2. The monoisotopic (exact) mass is 597 g/mol. The SMILES string of the molecule is NC(=NC1(c2cccc(Nc3cc4sc5ccccc5c4cc3-c3ccccc3)c2)C2C(c3ccccc3)C21)c1ccccc1. The third kappa shape index (κ3) is 4.28. The first-order valence-electron chi connectivity index (χ1n) is 15.5. The molecular weight excluding hydrogens is 567 g/mol. The summed E-state index contributed by atoms with van der Waals surface area (Å²) in [5.74, 6) is 2.03. The summed E-state index contributed by atoms with van der Waals surface area (Å²) in [4.78, 5) is 5.31. The normalized spacial score (nSPS) is 21.9. The van der Waals surface area contributed by atoms with Crippen LogP contribution < -0.4 is 11.1 Å². The van der Waals surface area contributed by atoms with Crippen molar-refractivity contribution >= 4 is 48.7 Å². The molecule has 45 heavy (non-hydrogen) atoms. The predicted octanol–water partition coefficient (Wildman–Crippen LogP) is 10.1. The molecule has 2 aliphatic carbocycles. The van der Waals surface area contributed by atoms with E-state index in [0.717, 1.165) is 16.9 Å². The summed E-state index contributed by atoms with van der Waals surface area (Å²) in [7, 11) is 0. The van der Waals surface area contributed by atoms with Gasteiger partial charge >= 0.3 is 0 Å². The number of hydrogen-bond acceptors (Lipinski definition) is 3. The Bertz CT molecular complexity index is 2210. The van der Waals surface area contributed by atoms with E-state index in [0.29, 0.717) is 23.6 Å². The van der Waals surface area contributed by atoms with Gasteiger partial charge in [0.05, 0.1) is 5.54 Å². The molecule has 0 radical (unpaired) electrons. The number of nitrogens with zero attached hydrogens (tertiary/aromatic N) is 1. The Labute approximate surface area is 266 Å². The van der Waals surface area contributed by atoms with Crippen LogP contribution in [0.1, 0.15) is 22.6 Å². The first-order valence-corrected chi connectivity index (χ1v) is 16.4. The Hall–Kier alpha value is -5.19.